The number of rotatable bonds is 3. The van der Waals surface area contributed by atoms with E-state index in [0.29, 0.717) is 12.2 Å². The summed E-state index contributed by atoms with van der Waals surface area (Å²) in [5.74, 6) is 0.115. The summed E-state index contributed by atoms with van der Waals surface area (Å²) in [5.41, 5.74) is 6.92. The molecule has 13 heavy (non-hydrogen) atoms. The molecular weight excluding hydrogens is 168 g/mol. The lowest BCUT2D eigenvalue weighted by Gasteiger charge is -2.13. The predicted molar refractivity (Wildman–Crippen MR) is 51.0 cm³/mol. The fourth-order valence-electron chi connectivity index (χ4n) is 1.02. The van der Waals surface area contributed by atoms with Crippen molar-refractivity contribution in [3.8, 4) is 5.75 Å². The first-order valence-corrected chi connectivity index (χ1v) is 3.96. The van der Waals surface area contributed by atoms with Gasteiger partial charge in [-0.3, -0.25) is 0 Å². The number of phenolic OH excluding ortho intramolecular Hbond substituents is 1. The summed E-state index contributed by atoms with van der Waals surface area (Å²) in [7, 11) is 3.42. The molecule has 0 unspecified atom stereocenters. The third kappa shape index (κ3) is 2.61. The van der Waals surface area contributed by atoms with Crippen LogP contribution in [0.2, 0.25) is 0 Å². The van der Waals surface area contributed by atoms with Crippen LogP contribution in [0.1, 0.15) is 5.56 Å². The molecule has 0 amide bonds. The highest BCUT2D eigenvalue weighted by molar-refractivity contribution is 5.53. The highest BCUT2D eigenvalue weighted by Crippen LogP contribution is 2.20. The maximum atomic E-state index is 9.17. The summed E-state index contributed by atoms with van der Waals surface area (Å²) >= 11 is 0. The van der Waals surface area contributed by atoms with Crippen molar-refractivity contribution in [2.24, 2.45) is 0 Å². The van der Waals surface area contributed by atoms with E-state index in [2.05, 4.69) is 0 Å². The van der Waals surface area contributed by atoms with Crippen molar-refractivity contribution in [1.29, 1.82) is 0 Å². The topological polar surface area (TPSA) is 58.7 Å². The van der Waals surface area contributed by atoms with Gasteiger partial charge in [-0.15, -0.1) is 0 Å². The van der Waals surface area contributed by atoms with Crippen LogP contribution in [0.3, 0.4) is 0 Å². The fraction of sp³-hybridized carbons (Fsp3) is 0.333. The van der Waals surface area contributed by atoms with Crippen molar-refractivity contribution in [3.05, 3.63) is 23.8 Å². The summed E-state index contributed by atoms with van der Waals surface area (Å²) in [6.07, 6.45) is 0. The van der Waals surface area contributed by atoms with Gasteiger partial charge in [0, 0.05) is 13.6 Å². The Labute approximate surface area is 77.5 Å². The highest BCUT2D eigenvalue weighted by Gasteiger charge is 2.01. The lowest BCUT2D eigenvalue weighted by molar-refractivity contribution is -0.116. The number of phenols is 1. The molecule has 0 spiro atoms. The van der Waals surface area contributed by atoms with E-state index >= 15 is 0 Å². The van der Waals surface area contributed by atoms with Gasteiger partial charge in [-0.05, 0) is 17.7 Å². The van der Waals surface area contributed by atoms with E-state index in [9.17, 15) is 0 Å². The largest absolute Gasteiger partial charge is 0.506 e. The van der Waals surface area contributed by atoms with Crippen molar-refractivity contribution < 1.29 is 9.94 Å². The van der Waals surface area contributed by atoms with E-state index in [0.717, 1.165) is 5.56 Å². The molecular formula is C9H14N2O2. The second kappa shape index (κ2) is 4.11. The van der Waals surface area contributed by atoms with Gasteiger partial charge in [-0.1, -0.05) is 6.07 Å². The van der Waals surface area contributed by atoms with Crippen LogP contribution in [0.15, 0.2) is 18.2 Å². The third-order valence-electron chi connectivity index (χ3n) is 1.81. The first-order chi connectivity index (χ1) is 6.13. The van der Waals surface area contributed by atoms with E-state index in [1.807, 2.05) is 7.05 Å². The van der Waals surface area contributed by atoms with Gasteiger partial charge < -0.3 is 15.7 Å². The molecule has 0 aromatic heterocycles. The zero-order chi connectivity index (χ0) is 9.84. The summed E-state index contributed by atoms with van der Waals surface area (Å²) in [6, 6.07) is 5.11. The number of hydrogen-bond donors (Lipinski definition) is 2. The molecule has 0 saturated carbocycles. The summed E-state index contributed by atoms with van der Waals surface area (Å²) in [6.45, 7) is 0.640. The number of hydroxylamine groups is 2. The molecule has 0 aliphatic rings. The maximum absolute atomic E-state index is 9.17. The van der Waals surface area contributed by atoms with E-state index in [1.165, 1.54) is 0 Å². The molecule has 4 nitrogen and oxygen atoms in total. The molecule has 1 aromatic rings. The Morgan fingerprint density at radius 2 is 2.23 bits per heavy atom. The Balaban J connectivity index is 2.73. The SMILES string of the molecule is CON(C)Cc1ccc(O)c(N)c1. The lowest BCUT2D eigenvalue weighted by atomic mass is 10.2. The van der Waals surface area contributed by atoms with Crippen molar-refractivity contribution in [3.63, 3.8) is 0 Å². The quantitative estimate of drug-likeness (QED) is 0.415. The van der Waals surface area contributed by atoms with Crippen molar-refractivity contribution in [2.75, 3.05) is 19.9 Å². The van der Waals surface area contributed by atoms with Gasteiger partial charge >= 0.3 is 0 Å². The van der Waals surface area contributed by atoms with Crippen molar-refractivity contribution in [2.45, 2.75) is 6.54 Å². The van der Waals surface area contributed by atoms with Gasteiger partial charge in [-0.25, -0.2) is 0 Å². The highest BCUT2D eigenvalue weighted by atomic mass is 16.7. The minimum atomic E-state index is 0.115. The minimum Gasteiger partial charge on any atom is -0.506 e. The van der Waals surface area contributed by atoms with Gasteiger partial charge in [0.1, 0.15) is 5.75 Å². The normalized spacial score (nSPS) is 10.7. The second-order valence-corrected chi connectivity index (χ2v) is 2.86. The Hall–Kier alpha value is -1.26. The smallest absolute Gasteiger partial charge is 0.138 e. The van der Waals surface area contributed by atoms with Crippen molar-refractivity contribution in [1.82, 2.24) is 5.06 Å². The average Bonchev–Trinajstić information content (AvgIpc) is 2.11. The van der Waals surface area contributed by atoms with Crippen LogP contribution in [-0.2, 0) is 11.4 Å². The summed E-state index contributed by atoms with van der Waals surface area (Å²) in [5, 5.41) is 10.8. The van der Waals surface area contributed by atoms with Gasteiger partial charge in [0.15, 0.2) is 0 Å². The van der Waals surface area contributed by atoms with E-state index in [4.69, 9.17) is 15.7 Å². The molecule has 0 bridgehead atoms. The Kier molecular flexibility index (Phi) is 3.11. The molecule has 1 rings (SSSR count). The number of nitrogen functional groups attached to an aromatic ring is 1. The molecule has 0 radical (unpaired) electrons. The van der Waals surface area contributed by atoms with E-state index in [1.54, 1.807) is 30.4 Å². The predicted octanol–water partition coefficient (Wildman–Crippen LogP) is 0.968. The zero-order valence-corrected chi connectivity index (χ0v) is 7.82. The number of benzene rings is 1. The molecule has 0 aliphatic heterocycles. The van der Waals surface area contributed by atoms with Crippen LogP contribution >= 0.6 is 0 Å². The number of hydrogen-bond acceptors (Lipinski definition) is 4. The molecule has 0 aliphatic carbocycles. The molecule has 4 heteroatoms. The number of nitrogens with zero attached hydrogens (tertiary/aromatic N) is 1. The lowest BCUT2D eigenvalue weighted by Crippen LogP contribution is -2.15. The fourth-order valence-corrected chi connectivity index (χ4v) is 1.02. The van der Waals surface area contributed by atoms with E-state index < -0.39 is 0 Å². The monoisotopic (exact) mass is 182 g/mol. The molecule has 72 valence electrons. The van der Waals surface area contributed by atoms with Crippen LogP contribution in [0.4, 0.5) is 5.69 Å². The molecule has 0 saturated heterocycles. The zero-order valence-electron chi connectivity index (χ0n) is 7.82. The number of aromatic hydroxyl groups is 1. The molecule has 0 fully saturated rings. The third-order valence-corrected chi connectivity index (χ3v) is 1.81. The molecule has 0 atom stereocenters. The van der Waals surface area contributed by atoms with Crippen LogP contribution in [-0.4, -0.2) is 24.3 Å². The first-order valence-electron chi connectivity index (χ1n) is 3.96. The van der Waals surface area contributed by atoms with Gasteiger partial charge in [-0.2, -0.15) is 5.06 Å². The Morgan fingerprint density at radius 3 is 2.77 bits per heavy atom. The molecule has 0 heterocycles. The average molecular weight is 182 g/mol. The minimum absolute atomic E-state index is 0.115. The van der Waals surface area contributed by atoms with Crippen LogP contribution < -0.4 is 5.73 Å². The molecule has 3 N–H and O–H groups in total. The number of anilines is 1. The van der Waals surface area contributed by atoms with Crippen LogP contribution in [0.5, 0.6) is 5.75 Å². The maximum Gasteiger partial charge on any atom is 0.138 e. The Morgan fingerprint density at radius 1 is 1.54 bits per heavy atom. The molecule has 1 aromatic carbocycles. The second-order valence-electron chi connectivity index (χ2n) is 2.86. The summed E-state index contributed by atoms with van der Waals surface area (Å²) in [4.78, 5) is 4.95. The standard InChI is InChI=1S/C9H14N2O2/c1-11(13-2)6-7-3-4-9(12)8(10)5-7/h3-5,12H,6,10H2,1-2H3. The van der Waals surface area contributed by atoms with E-state index in [-0.39, 0.29) is 5.75 Å². The summed E-state index contributed by atoms with van der Waals surface area (Å²) < 4.78 is 0. The Bertz CT molecular complexity index is 289. The van der Waals surface area contributed by atoms with Crippen LogP contribution in [0, 0.1) is 0 Å². The first kappa shape index (κ1) is 9.83. The number of nitrogens with two attached hydrogens (primary N) is 1. The van der Waals surface area contributed by atoms with Gasteiger partial charge in [0.05, 0.1) is 12.8 Å². The van der Waals surface area contributed by atoms with Crippen LogP contribution in [0.25, 0.3) is 0 Å². The van der Waals surface area contributed by atoms with Gasteiger partial charge in [0.25, 0.3) is 0 Å². The van der Waals surface area contributed by atoms with Gasteiger partial charge in [0.2, 0.25) is 0 Å². The van der Waals surface area contributed by atoms with Crippen molar-refractivity contribution >= 4 is 5.69 Å².